The van der Waals surface area contributed by atoms with Crippen molar-refractivity contribution in [3.8, 4) is 11.5 Å². The second kappa shape index (κ2) is 8.96. The first kappa shape index (κ1) is 17.9. The van der Waals surface area contributed by atoms with E-state index in [0.29, 0.717) is 18.1 Å². The van der Waals surface area contributed by atoms with E-state index in [-0.39, 0.29) is 24.5 Å². The van der Waals surface area contributed by atoms with Gasteiger partial charge in [-0.2, -0.15) is 0 Å². The van der Waals surface area contributed by atoms with Crippen LogP contribution in [-0.2, 0) is 4.79 Å². The van der Waals surface area contributed by atoms with E-state index in [4.69, 9.17) is 9.47 Å². The molecule has 1 N–H and O–H groups in total. The minimum Gasteiger partial charge on any atom is -0.490 e. The molecule has 4 nitrogen and oxygen atoms in total. The van der Waals surface area contributed by atoms with E-state index in [2.05, 4.69) is 19.2 Å². The summed E-state index contributed by atoms with van der Waals surface area (Å²) in [4.78, 5) is 12.3. The molecule has 0 spiro atoms. The summed E-state index contributed by atoms with van der Waals surface area (Å²) in [6, 6.07) is 17.3. The van der Waals surface area contributed by atoms with Crippen LogP contribution in [0.4, 0.5) is 0 Å². The molecular weight excluding hydrogens is 302 g/mol. The van der Waals surface area contributed by atoms with Gasteiger partial charge >= 0.3 is 0 Å². The summed E-state index contributed by atoms with van der Waals surface area (Å²) < 4.78 is 11.1. The van der Waals surface area contributed by atoms with Crippen LogP contribution in [0.25, 0.3) is 0 Å². The Morgan fingerprint density at radius 1 is 0.958 bits per heavy atom. The Morgan fingerprint density at radius 2 is 1.54 bits per heavy atom. The number of hydrogen-bond donors (Lipinski definition) is 1. The number of nitrogens with one attached hydrogen (secondary N) is 1. The molecule has 0 saturated heterocycles. The van der Waals surface area contributed by atoms with Crippen molar-refractivity contribution in [2.45, 2.75) is 26.8 Å². The van der Waals surface area contributed by atoms with Crippen LogP contribution in [-0.4, -0.2) is 19.1 Å². The molecule has 0 fully saturated rings. The van der Waals surface area contributed by atoms with Gasteiger partial charge in [-0.15, -0.1) is 0 Å². The highest BCUT2D eigenvalue weighted by molar-refractivity contribution is 5.78. The van der Waals surface area contributed by atoms with Crippen molar-refractivity contribution in [2.75, 3.05) is 13.2 Å². The van der Waals surface area contributed by atoms with Crippen LogP contribution >= 0.6 is 0 Å². The summed E-state index contributed by atoms with van der Waals surface area (Å²) in [5.41, 5.74) is 1.09. The van der Waals surface area contributed by atoms with E-state index in [0.717, 1.165) is 5.56 Å². The first-order valence-corrected chi connectivity index (χ1v) is 8.30. The van der Waals surface area contributed by atoms with Crippen molar-refractivity contribution in [3.63, 3.8) is 0 Å². The lowest BCUT2D eigenvalue weighted by Crippen LogP contribution is -2.35. The number of carbonyl (C=O) groups is 1. The summed E-state index contributed by atoms with van der Waals surface area (Å²) in [5, 5.41) is 3.05. The molecule has 2 rings (SSSR count). The van der Waals surface area contributed by atoms with Gasteiger partial charge in [0.25, 0.3) is 5.91 Å². The highest BCUT2D eigenvalue weighted by atomic mass is 16.5. The van der Waals surface area contributed by atoms with Gasteiger partial charge in [0.2, 0.25) is 0 Å². The van der Waals surface area contributed by atoms with Crippen LogP contribution in [0.2, 0.25) is 0 Å². The zero-order valence-electron chi connectivity index (χ0n) is 14.5. The second-order valence-electron chi connectivity index (χ2n) is 5.87. The number of benzene rings is 2. The molecule has 1 atom stereocenters. The largest absolute Gasteiger partial charge is 0.490 e. The highest BCUT2D eigenvalue weighted by Gasteiger charge is 2.18. The standard InChI is InChI=1S/C20H25NO3/c1-4-23-17-12-8-9-13-18(17)24-14-19(22)21-20(15(2)3)16-10-6-5-7-11-16/h5-13,15,20H,4,14H2,1-3H3,(H,21,22)/t20-/m1/s1. The van der Waals surface area contributed by atoms with E-state index in [1.165, 1.54) is 0 Å². The van der Waals surface area contributed by atoms with Crippen molar-refractivity contribution in [2.24, 2.45) is 5.92 Å². The molecule has 0 aromatic heterocycles. The van der Waals surface area contributed by atoms with Crippen molar-refractivity contribution in [3.05, 3.63) is 60.2 Å². The van der Waals surface area contributed by atoms with Crippen LogP contribution in [0.15, 0.2) is 54.6 Å². The van der Waals surface area contributed by atoms with Gasteiger partial charge in [0.15, 0.2) is 18.1 Å². The molecule has 0 radical (unpaired) electrons. The molecule has 2 aromatic carbocycles. The summed E-state index contributed by atoms with van der Waals surface area (Å²) in [5.74, 6) is 1.36. The van der Waals surface area contributed by atoms with Crippen LogP contribution < -0.4 is 14.8 Å². The monoisotopic (exact) mass is 327 g/mol. The third-order valence-corrected chi connectivity index (χ3v) is 3.65. The van der Waals surface area contributed by atoms with E-state index in [9.17, 15) is 4.79 Å². The molecule has 0 bridgehead atoms. The summed E-state index contributed by atoms with van der Waals surface area (Å²) in [6.07, 6.45) is 0. The van der Waals surface area contributed by atoms with E-state index < -0.39 is 0 Å². The van der Waals surface area contributed by atoms with E-state index in [1.807, 2.05) is 55.5 Å². The average molecular weight is 327 g/mol. The lowest BCUT2D eigenvalue weighted by molar-refractivity contribution is -0.124. The molecule has 0 heterocycles. The van der Waals surface area contributed by atoms with Crippen molar-refractivity contribution >= 4 is 5.91 Å². The number of para-hydroxylation sites is 2. The van der Waals surface area contributed by atoms with E-state index >= 15 is 0 Å². The third-order valence-electron chi connectivity index (χ3n) is 3.65. The summed E-state index contributed by atoms with van der Waals surface area (Å²) in [7, 11) is 0. The molecule has 0 unspecified atom stereocenters. The minimum atomic E-state index is -0.149. The normalized spacial score (nSPS) is 11.8. The topological polar surface area (TPSA) is 47.6 Å². The van der Waals surface area contributed by atoms with Crippen molar-refractivity contribution in [1.82, 2.24) is 5.32 Å². The fourth-order valence-electron chi connectivity index (χ4n) is 2.50. The Bertz CT molecular complexity index is 640. The Hall–Kier alpha value is -2.49. The predicted octanol–water partition coefficient (Wildman–Crippen LogP) is 3.98. The fourth-order valence-corrected chi connectivity index (χ4v) is 2.50. The average Bonchev–Trinajstić information content (AvgIpc) is 2.59. The predicted molar refractivity (Wildman–Crippen MR) is 95.3 cm³/mol. The number of ether oxygens (including phenoxy) is 2. The summed E-state index contributed by atoms with van der Waals surface area (Å²) >= 11 is 0. The number of amides is 1. The summed E-state index contributed by atoms with van der Waals surface area (Å²) in [6.45, 7) is 6.60. The van der Waals surface area contributed by atoms with Crippen LogP contribution in [0.5, 0.6) is 11.5 Å². The zero-order valence-corrected chi connectivity index (χ0v) is 14.5. The maximum atomic E-state index is 12.3. The zero-order chi connectivity index (χ0) is 17.4. The van der Waals surface area contributed by atoms with Gasteiger partial charge in [-0.05, 0) is 30.5 Å². The Balaban J connectivity index is 1.97. The fraction of sp³-hybridized carbons (Fsp3) is 0.350. The molecule has 128 valence electrons. The number of hydrogen-bond acceptors (Lipinski definition) is 3. The number of carbonyl (C=O) groups excluding carboxylic acids is 1. The molecule has 1 amide bonds. The maximum Gasteiger partial charge on any atom is 0.258 e. The van der Waals surface area contributed by atoms with Gasteiger partial charge in [-0.1, -0.05) is 56.3 Å². The smallest absolute Gasteiger partial charge is 0.258 e. The highest BCUT2D eigenvalue weighted by Crippen LogP contribution is 2.26. The molecule has 2 aromatic rings. The number of rotatable bonds is 8. The van der Waals surface area contributed by atoms with Gasteiger partial charge in [0, 0.05) is 0 Å². The van der Waals surface area contributed by atoms with Gasteiger partial charge in [0.1, 0.15) is 0 Å². The Labute approximate surface area is 143 Å². The maximum absolute atomic E-state index is 12.3. The third kappa shape index (κ3) is 5.01. The molecule has 0 saturated carbocycles. The molecular formula is C20H25NO3. The van der Waals surface area contributed by atoms with Crippen LogP contribution in [0, 0.1) is 5.92 Å². The van der Waals surface area contributed by atoms with Crippen LogP contribution in [0.3, 0.4) is 0 Å². The molecule has 4 heteroatoms. The SMILES string of the molecule is CCOc1ccccc1OCC(=O)N[C@@H](c1ccccc1)C(C)C. The molecule has 0 aliphatic rings. The Kier molecular flexibility index (Phi) is 6.67. The van der Waals surface area contributed by atoms with Gasteiger partial charge in [-0.3, -0.25) is 4.79 Å². The quantitative estimate of drug-likeness (QED) is 0.798. The first-order chi connectivity index (χ1) is 11.6. The molecule has 0 aliphatic heterocycles. The van der Waals surface area contributed by atoms with Crippen molar-refractivity contribution in [1.29, 1.82) is 0 Å². The minimum absolute atomic E-state index is 0.0376. The first-order valence-electron chi connectivity index (χ1n) is 8.30. The van der Waals surface area contributed by atoms with Gasteiger partial charge in [-0.25, -0.2) is 0 Å². The van der Waals surface area contributed by atoms with Crippen LogP contribution in [0.1, 0.15) is 32.4 Å². The lowest BCUT2D eigenvalue weighted by Gasteiger charge is -2.23. The Morgan fingerprint density at radius 3 is 2.12 bits per heavy atom. The molecule has 0 aliphatic carbocycles. The second-order valence-corrected chi connectivity index (χ2v) is 5.87. The van der Waals surface area contributed by atoms with Gasteiger partial charge < -0.3 is 14.8 Å². The van der Waals surface area contributed by atoms with Gasteiger partial charge in [0.05, 0.1) is 12.6 Å². The lowest BCUT2D eigenvalue weighted by atomic mass is 9.96. The molecule has 24 heavy (non-hydrogen) atoms. The van der Waals surface area contributed by atoms with Crippen molar-refractivity contribution < 1.29 is 14.3 Å². The van der Waals surface area contributed by atoms with E-state index in [1.54, 1.807) is 6.07 Å².